The molecular formula is C38H52N6O7. The molecule has 0 aliphatic rings. The number of carbonyl (C=O) groups is 4. The highest BCUT2D eigenvalue weighted by Crippen LogP contribution is 2.23. The van der Waals surface area contributed by atoms with E-state index < -0.39 is 95.7 Å². The number of pyridine rings is 1. The van der Waals surface area contributed by atoms with Gasteiger partial charge in [0.1, 0.15) is 12.1 Å². The van der Waals surface area contributed by atoms with Crippen molar-refractivity contribution in [2.75, 3.05) is 20.8 Å². The number of nitrogens with one attached hydrogen (secondary N) is 4. The van der Waals surface area contributed by atoms with Gasteiger partial charge in [-0.3, -0.25) is 20.0 Å². The van der Waals surface area contributed by atoms with Crippen molar-refractivity contribution in [3.05, 3.63) is 90.0 Å². The monoisotopic (exact) mass is 709 g/mol. The Labute approximate surface area is 307 Å². The molecule has 0 unspecified atom stereocenters. The summed E-state index contributed by atoms with van der Waals surface area (Å²) in [5, 5.41) is 21.1. The zero-order valence-electron chi connectivity index (χ0n) is 35.3. The summed E-state index contributed by atoms with van der Waals surface area (Å²) in [5.41, 5.74) is 3.18. The molecule has 0 aliphatic heterocycles. The van der Waals surface area contributed by atoms with E-state index in [1.54, 1.807) is 53.8 Å². The number of rotatable bonds is 14. The Morgan fingerprint density at radius 3 is 1.88 bits per heavy atom. The maximum atomic E-state index is 13.9. The number of hydrazine groups is 1. The van der Waals surface area contributed by atoms with E-state index in [-0.39, 0.29) is 18.7 Å². The average molecular weight is 710 g/mol. The lowest BCUT2D eigenvalue weighted by atomic mass is 9.85. The Hall–Kier alpha value is -5.01. The number of ether oxygens (including phenoxy) is 2. The van der Waals surface area contributed by atoms with E-state index in [0.29, 0.717) is 5.56 Å². The summed E-state index contributed by atoms with van der Waals surface area (Å²) in [6.45, 7) is 9.92. The van der Waals surface area contributed by atoms with Crippen molar-refractivity contribution < 1.29 is 40.6 Å². The van der Waals surface area contributed by atoms with E-state index in [1.165, 1.54) is 12.1 Å². The number of hydrogen-bond acceptors (Lipinski definition) is 9. The number of carbonyl (C=O) groups excluding carboxylic acids is 4. The van der Waals surface area contributed by atoms with Gasteiger partial charge in [-0.2, -0.15) is 0 Å². The summed E-state index contributed by atoms with van der Waals surface area (Å²) < 4.78 is 51.0. The lowest BCUT2D eigenvalue weighted by Gasteiger charge is -2.35. The van der Waals surface area contributed by atoms with Gasteiger partial charge in [0, 0.05) is 24.8 Å². The first-order valence-electron chi connectivity index (χ1n) is 18.9. The van der Waals surface area contributed by atoms with Gasteiger partial charge < -0.3 is 30.5 Å². The molecule has 13 nitrogen and oxygen atoms in total. The van der Waals surface area contributed by atoms with Gasteiger partial charge in [-0.1, -0.05) is 102 Å². The van der Waals surface area contributed by atoms with Crippen LogP contribution < -0.4 is 21.4 Å². The fraction of sp³-hybridized carbons (Fsp3) is 0.447. The molecule has 0 saturated heterocycles. The number of amides is 4. The number of alkyl carbamates (subject to hydrolysis) is 2. The normalized spacial score (nSPS) is 15.4. The number of methoxy groups -OCH3 is 2. The summed E-state index contributed by atoms with van der Waals surface area (Å²) in [6.07, 6.45) is -2.07. The van der Waals surface area contributed by atoms with Gasteiger partial charge in [0.25, 0.3) is 5.91 Å². The van der Waals surface area contributed by atoms with Gasteiger partial charge in [0.2, 0.25) is 5.91 Å². The van der Waals surface area contributed by atoms with E-state index in [1.807, 2.05) is 36.4 Å². The van der Waals surface area contributed by atoms with E-state index in [2.05, 4.69) is 26.4 Å². The summed E-state index contributed by atoms with van der Waals surface area (Å²) in [5.74, 6) is -1.41. The lowest BCUT2D eigenvalue weighted by molar-refractivity contribution is -0.132. The second-order valence-electron chi connectivity index (χ2n) is 14.1. The molecule has 0 fully saturated rings. The molecular weight excluding hydrogens is 652 g/mol. The zero-order chi connectivity index (χ0) is 42.1. The van der Waals surface area contributed by atoms with E-state index in [9.17, 15) is 24.3 Å². The number of hydrogen-bond donors (Lipinski definition) is 5. The molecule has 4 amide bonds. The second-order valence-corrected chi connectivity index (χ2v) is 14.1. The fourth-order valence-electron chi connectivity index (χ4n) is 5.11. The van der Waals surface area contributed by atoms with Crippen LogP contribution in [0, 0.1) is 10.8 Å². The van der Waals surface area contributed by atoms with E-state index in [0.717, 1.165) is 18.4 Å². The third kappa shape index (κ3) is 12.7. The van der Waals surface area contributed by atoms with Crippen molar-refractivity contribution in [2.24, 2.45) is 10.8 Å². The summed E-state index contributed by atoms with van der Waals surface area (Å²) >= 11 is 0. The number of aliphatic hydroxyl groups excluding tert-OH is 1. The van der Waals surface area contributed by atoms with Gasteiger partial charge in [-0.15, -0.1) is 0 Å². The van der Waals surface area contributed by atoms with Crippen LogP contribution in [-0.2, 0) is 32.0 Å². The van der Waals surface area contributed by atoms with E-state index >= 15 is 0 Å². The van der Waals surface area contributed by atoms with E-state index in [4.69, 9.17) is 16.3 Å². The molecule has 0 bridgehead atoms. The van der Waals surface area contributed by atoms with Crippen LogP contribution in [0.15, 0.2) is 78.9 Å². The Bertz CT molecular complexity index is 1830. The van der Waals surface area contributed by atoms with Crippen LogP contribution in [0.2, 0.25) is 0 Å². The molecule has 276 valence electrons. The molecule has 2 aromatic carbocycles. The Morgan fingerprint density at radius 1 is 0.804 bits per heavy atom. The van der Waals surface area contributed by atoms with Crippen LogP contribution in [0.3, 0.4) is 0 Å². The van der Waals surface area contributed by atoms with Crippen molar-refractivity contribution in [2.45, 2.75) is 78.7 Å². The highest BCUT2D eigenvalue weighted by molar-refractivity contribution is 5.87. The van der Waals surface area contributed by atoms with Crippen LogP contribution in [0.1, 0.15) is 59.5 Å². The molecule has 13 heteroatoms. The summed E-state index contributed by atoms with van der Waals surface area (Å²) in [7, 11) is 2.30. The average Bonchev–Trinajstić information content (AvgIpc) is 3.14. The smallest absolute Gasteiger partial charge is 0.407 e. The van der Waals surface area contributed by atoms with Crippen LogP contribution in [-0.4, -0.2) is 84.1 Å². The zero-order valence-corrected chi connectivity index (χ0v) is 30.3. The number of aliphatic hydroxyl groups is 1. The van der Waals surface area contributed by atoms with Gasteiger partial charge in [0.05, 0.1) is 38.9 Å². The minimum atomic E-state index is -1.58. The molecule has 0 saturated carbocycles. The molecule has 0 aliphatic carbocycles. The SMILES string of the molecule is [2H]c1c([2H])c([2H])c(C[C@H](NC(=O)[C@@H](NC(=O)OC)C(C)(C)C)[C@@H](O)CN(Cc2ccc(-c3ccccn3)cc2)NC(=O)[C@@H](NC(=O)OC)C(C)(C)C)c([2H])c1[2H]. The molecule has 4 atom stereocenters. The number of nitrogens with zero attached hydrogens (tertiary/aromatic N) is 2. The van der Waals surface area contributed by atoms with Crippen molar-refractivity contribution in [1.29, 1.82) is 0 Å². The van der Waals surface area contributed by atoms with Crippen molar-refractivity contribution in [3.63, 3.8) is 0 Å². The summed E-state index contributed by atoms with van der Waals surface area (Å²) in [6, 6.07) is 6.29. The second kappa shape index (κ2) is 18.3. The standard InChI is InChI=1S/C38H52N6O7/c1-37(2,3)31(41-35(48)50-7)33(46)40-29(22-25-14-10-9-11-15-25)30(45)24-44(43-34(47)32(38(4,5)6)42-36(49)51-8)23-26-17-19-27(20-18-26)28-16-12-13-21-39-28/h9-21,29-32,45H,22-24H2,1-8H3,(H,40,46)(H,41,48)(H,42,49)(H,43,47)/t29-,30-,31+,32+/m0/s1/i9D,10D,11D,14D,15D. The first kappa shape index (κ1) is 33.2. The largest absolute Gasteiger partial charge is 0.453 e. The highest BCUT2D eigenvalue weighted by atomic mass is 16.5. The first-order valence-corrected chi connectivity index (χ1v) is 16.4. The van der Waals surface area contributed by atoms with Crippen LogP contribution in [0.25, 0.3) is 11.3 Å². The van der Waals surface area contributed by atoms with Crippen molar-refractivity contribution in [3.8, 4) is 11.3 Å². The Kier molecular flexibility index (Phi) is 11.9. The maximum absolute atomic E-state index is 13.9. The lowest BCUT2D eigenvalue weighted by Crippen LogP contribution is -2.60. The van der Waals surface area contributed by atoms with Gasteiger partial charge in [-0.25, -0.2) is 14.6 Å². The predicted octanol–water partition coefficient (Wildman–Crippen LogP) is 4.21. The predicted molar refractivity (Wildman–Crippen MR) is 194 cm³/mol. The third-order valence-corrected chi connectivity index (χ3v) is 7.88. The summed E-state index contributed by atoms with van der Waals surface area (Å²) in [4.78, 5) is 56.7. The van der Waals surface area contributed by atoms with Crippen LogP contribution in [0.4, 0.5) is 9.59 Å². The minimum absolute atomic E-state index is 0.00420. The number of aromatic nitrogens is 1. The van der Waals surface area contributed by atoms with Gasteiger partial charge >= 0.3 is 12.2 Å². The van der Waals surface area contributed by atoms with Crippen LogP contribution >= 0.6 is 0 Å². The highest BCUT2D eigenvalue weighted by Gasteiger charge is 2.37. The quantitative estimate of drug-likeness (QED) is 0.154. The molecule has 1 aromatic heterocycles. The molecule has 0 radical (unpaired) electrons. The van der Waals surface area contributed by atoms with Gasteiger partial charge in [-0.05, 0) is 40.5 Å². The van der Waals surface area contributed by atoms with Crippen molar-refractivity contribution >= 4 is 24.0 Å². The van der Waals surface area contributed by atoms with Gasteiger partial charge in [0.15, 0.2) is 0 Å². The topological polar surface area (TPSA) is 171 Å². The molecule has 0 spiro atoms. The number of benzene rings is 2. The fourth-order valence-corrected chi connectivity index (χ4v) is 5.11. The van der Waals surface area contributed by atoms with Crippen LogP contribution in [0.5, 0.6) is 0 Å². The molecule has 51 heavy (non-hydrogen) atoms. The minimum Gasteiger partial charge on any atom is -0.453 e. The maximum Gasteiger partial charge on any atom is 0.407 e. The molecule has 3 rings (SSSR count). The molecule has 5 N–H and O–H groups in total. The molecule has 1 heterocycles. The van der Waals surface area contributed by atoms with Crippen molar-refractivity contribution in [1.82, 2.24) is 31.4 Å². The first-order chi connectivity index (χ1) is 26.1. The Morgan fingerprint density at radius 2 is 1.37 bits per heavy atom. The third-order valence-electron chi connectivity index (χ3n) is 7.88. The Balaban J connectivity index is 2.09. The molecule has 3 aromatic rings.